The number of aromatic nitrogens is 1. The number of pyridine rings is 1. The number of urea groups is 1. The number of carbonyl (C=O) groups is 5. The molecule has 1 aromatic carbocycles. The highest BCUT2D eigenvalue weighted by Crippen LogP contribution is 2.37. The molecule has 3 aliphatic heterocycles. The molecule has 0 saturated carbocycles. The zero-order chi connectivity index (χ0) is 31.6. The van der Waals surface area contributed by atoms with Crippen molar-refractivity contribution in [2.45, 2.75) is 45.4 Å². The molecule has 3 aliphatic rings. The van der Waals surface area contributed by atoms with Gasteiger partial charge in [-0.25, -0.2) is 14.7 Å². The highest BCUT2D eigenvalue weighted by Gasteiger charge is 2.57. The number of aliphatic hydroxyl groups excluding tert-OH is 1. The molecule has 2 N–H and O–H groups in total. The second-order valence-corrected chi connectivity index (χ2v) is 12.1. The summed E-state index contributed by atoms with van der Waals surface area (Å²) in [5.74, 6) is -1.28. The Balaban J connectivity index is 1.37. The summed E-state index contributed by atoms with van der Waals surface area (Å²) in [6.45, 7) is 4.22. The van der Waals surface area contributed by atoms with Crippen molar-refractivity contribution in [3.8, 4) is 5.75 Å². The largest absolute Gasteiger partial charge is 0.497 e. The number of nitrogens with zero attached hydrogens (tertiary/aromatic N) is 4. The first-order valence-electron chi connectivity index (χ1n) is 14.0. The SMILES string of the molecule is COc1ccc2c(c1)C(=O)N(C[C@@]1(c3cc4nc(N5C[C@H](O)CC5=O)ccc4o3)NC(=O)N(COC(=O)C(C)(C)C)C1=O)C2. The Hall–Kier alpha value is -4.98. The molecule has 2 fully saturated rings. The Morgan fingerprint density at radius 2 is 1.93 bits per heavy atom. The summed E-state index contributed by atoms with van der Waals surface area (Å²) >= 11 is 0. The number of esters is 1. The predicted molar refractivity (Wildman–Crippen MR) is 152 cm³/mol. The fourth-order valence-electron chi connectivity index (χ4n) is 5.50. The molecule has 44 heavy (non-hydrogen) atoms. The maximum atomic E-state index is 14.1. The zero-order valence-corrected chi connectivity index (χ0v) is 24.6. The van der Waals surface area contributed by atoms with Crippen molar-refractivity contribution < 1.29 is 43.0 Å². The van der Waals surface area contributed by atoms with E-state index in [0.29, 0.717) is 16.9 Å². The lowest BCUT2D eigenvalue weighted by molar-refractivity contribution is -0.158. The number of amides is 5. The van der Waals surface area contributed by atoms with Crippen LogP contribution in [0.15, 0.2) is 40.8 Å². The van der Waals surface area contributed by atoms with E-state index in [1.165, 1.54) is 23.0 Å². The number of hydrogen-bond acceptors (Lipinski definition) is 10. The average molecular weight is 606 g/mol. The Morgan fingerprint density at radius 3 is 2.61 bits per heavy atom. The zero-order valence-electron chi connectivity index (χ0n) is 24.6. The standard InChI is InChI=1S/C30H31N5O9/c1-29(2,3)27(40)43-15-35-26(39)30(32-28(35)41,14-33-12-16-5-6-18(42-4)10-19(16)25(33)38)22-11-20-21(44-22)7-8-23(31-20)34-13-17(36)9-24(34)37/h5-8,10-11,17,36H,9,12-15H2,1-4H3,(H,32,41)/t17-,30+/m1/s1. The molecule has 3 aromatic rings. The molecule has 6 rings (SSSR count). The lowest BCUT2D eigenvalue weighted by atomic mass is 9.95. The number of hydrogen-bond donors (Lipinski definition) is 2. The Kier molecular flexibility index (Phi) is 6.83. The van der Waals surface area contributed by atoms with Crippen LogP contribution < -0.4 is 15.0 Å². The maximum Gasteiger partial charge on any atom is 0.328 e. The Labute approximate surface area is 251 Å². The van der Waals surface area contributed by atoms with Gasteiger partial charge in [-0.3, -0.25) is 24.1 Å². The fraction of sp³-hybridized carbons (Fsp3) is 0.400. The van der Waals surface area contributed by atoms with E-state index >= 15 is 0 Å². The van der Waals surface area contributed by atoms with E-state index < -0.39 is 41.7 Å². The first kappa shape index (κ1) is 29.1. The van der Waals surface area contributed by atoms with Crippen LogP contribution in [-0.4, -0.2) is 82.6 Å². The van der Waals surface area contributed by atoms with Crippen LogP contribution in [-0.2, 0) is 31.2 Å². The van der Waals surface area contributed by atoms with Crippen molar-refractivity contribution in [3.63, 3.8) is 0 Å². The van der Waals surface area contributed by atoms with Gasteiger partial charge in [-0.1, -0.05) is 6.07 Å². The van der Waals surface area contributed by atoms with Gasteiger partial charge < -0.3 is 29.2 Å². The van der Waals surface area contributed by atoms with Crippen LogP contribution in [0.2, 0.25) is 0 Å². The lowest BCUT2D eigenvalue weighted by Gasteiger charge is -2.29. The van der Waals surface area contributed by atoms with Crippen LogP contribution in [0.3, 0.4) is 0 Å². The number of benzene rings is 1. The van der Waals surface area contributed by atoms with E-state index in [2.05, 4.69) is 10.3 Å². The molecule has 14 heteroatoms. The van der Waals surface area contributed by atoms with Crippen molar-refractivity contribution in [3.05, 3.63) is 53.3 Å². The number of furan rings is 1. The topological polar surface area (TPSA) is 172 Å². The molecular weight excluding hydrogens is 574 g/mol. The summed E-state index contributed by atoms with van der Waals surface area (Å²) in [5.41, 5.74) is -1.11. The summed E-state index contributed by atoms with van der Waals surface area (Å²) in [4.78, 5) is 73.7. The number of aliphatic hydroxyl groups is 1. The minimum absolute atomic E-state index is 0.00531. The third-order valence-electron chi connectivity index (χ3n) is 7.90. The van der Waals surface area contributed by atoms with Gasteiger partial charge in [0.25, 0.3) is 11.8 Å². The van der Waals surface area contributed by atoms with E-state index in [9.17, 15) is 29.1 Å². The van der Waals surface area contributed by atoms with Gasteiger partial charge in [0.15, 0.2) is 17.9 Å². The molecule has 5 heterocycles. The third kappa shape index (κ3) is 4.80. The molecule has 0 bridgehead atoms. The fourth-order valence-corrected chi connectivity index (χ4v) is 5.50. The molecule has 2 aromatic heterocycles. The predicted octanol–water partition coefficient (Wildman–Crippen LogP) is 1.88. The second-order valence-electron chi connectivity index (χ2n) is 12.1. The monoisotopic (exact) mass is 605 g/mol. The molecule has 0 spiro atoms. The Morgan fingerprint density at radius 1 is 1.16 bits per heavy atom. The lowest BCUT2D eigenvalue weighted by Crippen LogP contribution is -2.52. The maximum absolute atomic E-state index is 14.1. The highest BCUT2D eigenvalue weighted by molar-refractivity contribution is 6.08. The molecule has 5 amide bonds. The van der Waals surface area contributed by atoms with E-state index in [1.807, 2.05) is 0 Å². The minimum Gasteiger partial charge on any atom is -0.497 e. The summed E-state index contributed by atoms with van der Waals surface area (Å²) in [6.07, 6.45) is -0.830. The van der Waals surface area contributed by atoms with Gasteiger partial charge in [-0.2, -0.15) is 0 Å². The smallest absolute Gasteiger partial charge is 0.328 e. The van der Waals surface area contributed by atoms with Crippen LogP contribution in [0.4, 0.5) is 10.6 Å². The second kappa shape index (κ2) is 10.3. The molecule has 2 saturated heterocycles. The van der Waals surface area contributed by atoms with Crippen LogP contribution in [0, 0.1) is 5.41 Å². The average Bonchev–Trinajstić information content (AvgIpc) is 3.70. The Bertz CT molecular complexity index is 1730. The van der Waals surface area contributed by atoms with Crippen molar-refractivity contribution in [1.29, 1.82) is 0 Å². The molecule has 0 radical (unpaired) electrons. The van der Waals surface area contributed by atoms with Crippen molar-refractivity contribution in [1.82, 2.24) is 20.1 Å². The van der Waals surface area contributed by atoms with Crippen molar-refractivity contribution >= 4 is 46.6 Å². The molecule has 0 aliphatic carbocycles. The number of anilines is 1. The van der Waals surface area contributed by atoms with Crippen LogP contribution in [0.5, 0.6) is 5.75 Å². The van der Waals surface area contributed by atoms with E-state index in [4.69, 9.17) is 13.9 Å². The number of imide groups is 1. The van der Waals surface area contributed by atoms with Crippen molar-refractivity contribution in [2.75, 3.05) is 31.8 Å². The van der Waals surface area contributed by atoms with Crippen LogP contribution in [0.1, 0.15) is 48.9 Å². The van der Waals surface area contributed by atoms with Crippen LogP contribution in [0.25, 0.3) is 11.1 Å². The third-order valence-corrected chi connectivity index (χ3v) is 7.90. The number of fused-ring (bicyclic) bond motifs is 2. The first-order chi connectivity index (χ1) is 20.8. The summed E-state index contributed by atoms with van der Waals surface area (Å²) in [6, 6.07) is 8.85. The van der Waals surface area contributed by atoms with Crippen LogP contribution >= 0.6 is 0 Å². The molecule has 230 valence electrons. The molecule has 14 nitrogen and oxygen atoms in total. The molecular formula is C30H31N5O9. The number of ether oxygens (including phenoxy) is 2. The van der Waals surface area contributed by atoms with Gasteiger partial charge in [0.05, 0.1) is 38.1 Å². The molecule has 0 unspecified atom stereocenters. The minimum atomic E-state index is -1.90. The van der Waals surface area contributed by atoms with Gasteiger partial charge in [0, 0.05) is 18.2 Å². The normalized spacial score (nSPS) is 21.8. The number of nitrogens with one attached hydrogen (secondary N) is 1. The van der Waals surface area contributed by atoms with Gasteiger partial charge in [0.2, 0.25) is 5.91 Å². The summed E-state index contributed by atoms with van der Waals surface area (Å²) < 4.78 is 16.6. The number of β-amino-alcohol motifs (C(OH)–C–C–N with tert-alkyl or cyclic N) is 1. The van der Waals surface area contributed by atoms with Gasteiger partial charge in [0.1, 0.15) is 22.8 Å². The first-order valence-corrected chi connectivity index (χ1v) is 14.0. The molecule has 2 atom stereocenters. The number of carbonyl (C=O) groups excluding carboxylic acids is 5. The van der Waals surface area contributed by atoms with E-state index in [0.717, 1.165) is 4.90 Å². The number of methoxy groups -OCH3 is 1. The summed E-state index contributed by atoms with van der Waals surface area (Å²) in [7, 11) is 1.49. The van der Waals surface area contributed by atoms with E-state index in [1.54, 1.807) is 51.1 Å². The van der Waals surface area contributed by atoms with Gasteiger partial charge in [-0.05, 0) is 50.6 Å². The highest BCUT2D eigenvalue weighted by atomic mass is 16.5. The number of rotatable bonds is 7. The summed E-state index contributed by atoms with van der Waals surface area (Å²) in [5, 5.41) is 12.6. The van der Waals surface area contributed by atoms with E-state index in [-0.39, 0.29) is 60.5 Å². The van der Waals surface area contributed by atoms with Gasteiger partial charge in [-0.15, -0.1) is 0 Å². The van der Waals surface area contributed by atoms with Gasteiger partial charge >= 0.3 is 12.0 Å². The quantitative estimate of drug-likeness (QED) is 0.299. The van der Waals surface area contributed by atoms with Crippen molar-refractivity contribution in [2.24, 2.45) is 5.41 Å².